The van der Waals surface area contributed by atoms with Crippen LogP contribution < -0.4 is 0 Å². The molecule has 0 spiro atoms. The maximum Gasteiger partial charge on any atom is 0.147 e. The first-order valence-corrected chi connectivity index (χ1v) is 10.6. The number of rotatable bonds is 2. The van der Waals surface area contributed by atoms with Crippen LogP contribution in [0.15, 0.2) is 103 Å². The topological polar surface area (TPSA) is 48.5 Å². The minimum absolute atomic E-state index is 0.860. The molecule has 0 unspecified atom stereocenters. The highest BCUT2D eigenvalue weighted by molar-refractivity contribution is 6.15. The molecule has 5 aromatic heterocycles. The highest BCUT2D eigenvalue weighted by atomic mass is 15.1. The van der Waals surface area contributed by atoms with Crippen LogP contribution in [0.4, 0.5) is 0 Å². The summed E-state index contributed by atoms with van der Waals surface area (Å²) in [6.07, 6.45) is 3.65. The summed E-state index contributed by atoms with van der Waals surface area (Å²) in [7, 11) is 0. The van der Waals surface area contributed by atoms with E-state index in [9.17, 15) is 0 Å². The Balaban J connectivity index is 1.71. The summed E-state index contributed by atoms with van der Waals surface area (Å²) >= 11 is 0. The van der Waals surface area contributed by atoms with Gasteiger partial charge in [-0.1, -0.05) is 48.5 Å². The Hall–Kier alpha value is -4.51. The molecule has 0 atom stereocenters. The number of hydrogen-bond acceptors (Lipinski definition) is 3. The van der Waals surface area contributed by atoms with Gasteiger partial charge in [-0.25, -0.2) is 15.0 Å². The Bertz CT molecular complexity index is 1630. The zero-order chi connectivity index (χ0) is 21.1. The molecule has 0 aliphatic carbocycles. The van der Waals surface area contributed by atoms with Crippen molar-refractivity contribution in [1.29, 1.82) is 0 Å². The molecular formula is C27H17N5. The average molecular weight is 411 g/mol. The number of nitrogens with zero attached hydrogens (tertiary/aromatic N) is 5. The standard InChI is InChI=1S/C27H17N5/c1-3-11-21-18(9-1)20-17-23-26(30-27(20)32(21)25-14-6-8-16-29-25)19-10-2-4-12-22(19)31(23)24-13-5-7-15-28-24/h1-17H. The predicted molar refractivity (Wildman–Crippen MR) is 129 cm³/mol. The van der Waals surface area contributed by atoms with Crippen molar-refractivity contribution in [2.75, 3.05) is 0 Å². The monoisotopic (exact) mass is 411 g/mol. The second-order valence-corrected chi connectivity index (χ2v) is 7.81. The fourth-order valence-electron chi connectivity index (χ4n) is 4.69. The third-order valence-corrected chi connectivity index (χ3v) is 6.03. The van der Waals surface area contributed by atoms with Crippen molar-refractivity contribution in [3.63, 3.8) is 0 Å². The molecule has 0 fully saturated rings. The number of para-hydroxylation sites is 2. The molecule has 150 valence electrons. The van der Waals surface area contributed by atoms with Crippen LogP contribution in [-0.2, 0) is 0 Å². The van der Waals surface area contributed by atoms with Gasteiger partial charge in [0.15, 0.2) is 0 Å². The van der Waals surface area contributed by atoms with E-state index in [1.807, 2.05) is 48.8 Å². The van der Waals surface area contributed by atoms with Crippen LogP contribution in [0.2, 0.25) is 0 Å². The summed E-state index contributed by atoms with van der Waals surface area (Å²) in [6, 6.07) is 31.0. The van der Waals surface area contributed by atoms with E-state index in [-0.39, 0.29) is 0 Å². The second-order valence-electron chi connectivity index (χ2n) is 7.81. The van der Waals surface area contributed by atoms with Crippen LogP contribution in [0.5, 0.6) is 0 Å². The van der Waals surface area contributed by atoms with Gasteiger partial charge in [-0.3, -0.25) is 9.13 Å². The van der Waals surface area contributed by atoms with Crippen LogP contribution in [0, 0.1) is 0 Å². The third-order valence-electron chi connectivity index (χ3n) is 6.03. The van der Waals surface area contributed by atoms with Crippen molar-refractivity contribution in [2.45, 2.75) is 0 Å². The number of pyridine rings is 3. The third kappa shape index (κ3) is 2.30. The Kier molecular flexibility index (Phi) is 3.49. The van der Waals surface area contributed by atoms with Gasteiger partial charge in [0.05, 0.1) is 22.1 Å². The lowest BCUT2D eigenvalue weighted by Crippen LogP contribution is -1.98. The molecule has 0 saturated carbocycles. The average Bonchev–Trinajstić information content (AvgIpc) is 3.36. The molecule has 5 nitrogen and oxygen atoms in total. The number of fused-ring (bicyclic) bond motifs is 6. The minimum Gasteiger partial charge on any atom is -0.292 e. The summed E-state index contributed by atoms with van der Waals surface area (Å²) in [5.74, 6) is 1.74. The molecule has 0 N–H and O–H groups in total. The van der Waals surface area contributed by atoms with Crippen molar-refractivity contribution in [2.24, 2.45) is 0 Å². The minimum atomic E-state index is 0.860. The first kappa shape index (κ1) is 17.2. The summed E-state index contributed by atoms with van der Waals surface area (Å²) in [5, 5.41) is 3.35. The first-order valence-electron chi connectivity index (χ1n) is 10.6. The van der Waals surface area contributed by atoms with Gasteiger partial charge in [0, 0.05) is 28.6 Å². The summed E-state index contributed by atoms with van der Waals surface area (Å²) in [4.78, 5) is 14.5. The number of benzene rings is 2. The Morgan fingerprint density at radius 1 is 0.500 bits per heavy atom. The van der Waals surface area contributed by atoms with Crippen molar-refractivity contribution < 1.29 is 0 Å². The van der Waals surface area contributed by atoms with Crippen molar-refractivity contribution in [1.82, 2.24) is 24.1 Å². The highest BCUT2D eigenvalue weighted by Crippen LogP contribution is 2.36. The Morgan fingerprint density at radius 2 is 1.09 bits per heavy atom. The molecule has 0 amide bonds. The van der Waals surface area contributed by atoms with Crippen LogP contribution in [0.1, 0.15) is 0 Å². The van der Waals surface area contributed by atoms with Crippen LogP contribution >= 0.6 is 0 Å². The van der Waals surface area contributed by atoms with E-state index in [0.717, 1.165) is 55.5 Å². The zero-order valence-corrected chi connectivity index (χ0v) is 17.1. The van der Waals surface area contributed by atoms with Gasteiger partial charge in [-0.15, -0.1) is 0 Å². The molecule has 0 bridgehead atoms. The van der Waals surface area contributed by atoms with Gasteiger partial charge in [-0.2, -0.15) is 0 Å². The smallest absolute Gasteiger partial charge is 0.147 e. The molecule has 2 aromatic carbocycles. The van der Waals surface area contributed by atoms with E-state index in [4.69, 9.17) is 4.98 Å². The maximum absolute atomic E-state index is 5.24. The summed E-state index contributed by atoms with van der Waals surface area (Å²) in [6.45, 7) is 0. The van der Waals surface area contributed by atoms with Gasteiger partial charge in [0.25, 0.3) is 0 Å². The fraction of sp³-hybridized carbons (Fsp3) is 0. The van der Waals surface area contributed by atoms with E-state index >= 15 is 0 Å². The lowest BCUT2D eigenvalue weighted by atomic mass is 10.2. The Morgan fingerprint density at radius 3 is 1.78 bits per heavy atom. The highest BCUT2D eigenvalue weighted by Gasteiger charge is 2.19. The Labute approximate surface area is 183 Å². The molecule has 5 heterocycles. The van der Waals surface area contributed by atoms with Crippen molar-refractivity contribution >= 4 is 43.9 Å². The van der Waals surface area contributed by atoms with Gasteiger partial charge >= 0.3 is 0 Å². The molecule has 0 aliphatic heterocycles. The normalized spacial score (nSPS) is 11.8. The van der Waals surface area contributed by atoms with Crippen molar-refractivity contribution in [3.8, 4) is 11.6 Å². The largest absolute Gasteiger partial charge is 0.292 e. The van der Waals surface area contributed by atoms with Gasteiger partial charge in [0.1, 0.15) is 17.3 Å². The van der Waals surface area contributed by atoms with Gasteiger partial charge in [-0.05, 0) is 42.5 Å². The number of hydrogen-bond donors (Lipinski definition) is 0. The van der Waals surface area contributed by atoms with E-state index in [1.165, 1.54) is 0 Å². The zero-order valence-electron chi connectivity index (χ0n) is 17.1. The molecule has 0 radical (unpaired) electrons. The van der Waals surface area contributed by atoms with Crippen LogP contribution in [0.25, 0.3) is 55.5 Å². The van der Waals surface area contributed by atoms with Gasteiger partial charge < -0.3 is 0 Å². The fourth-order valence-corrected chi connectivity index (χ4v) is 4.69. The van der Waals surface area contributed by atoms with Gasteiger partial charge in [0.2, 0.25) is 0 Å². The maximum atomic E-state index is 5.24. The van der Waals surface area contributed by atoms with E-state index in [2.05, 4.69) is 73.7 Å². The molecule has 0 aliphatic rings. The molecule has 0 saturated heterocycles. The summed E-state index contributed by atoms with van der Waals surface area (Å²) in [5.41, 5.74) is 5.09. The molecule has 7 rings (SSSR count). The quantitative estimate of drug-likeness (QED) is 0.347. The predicted octanol–water partition coefficient (Wildman–Crippen LogP) is 6.07. The molecular weight excluding hydrogens is 394 g/mol. The van der Waals surface area contributed by atoms with E-state index in [0.29, 0.717) is 0 Å². The van der Waals surface area contributed by atoms with E-state index < -0.39 is 0 Å². The lowest BCUT2D eigenvalue weighted by molar-refractivity contribution is 1.06. The molecule has 32 heavy (non-hydrogen) atoms. The van der Waals surface area contributed by atoms with E-state index in [1.54, 1.807) is 0 Å². The van der Waals surface area contributed by atoms with Crippen LogP contribution in [-0.4, -0.2) is 24.1 Å². The number of aromatic nitrogens is 5. The first-order chi connectivity index (χ1) is 15.9. The molecule has 7 aromatic rings. The summed E-state index contributed by atoms with van der Waals surface area (Å²) < 4.78 is 4.35. The van der Waals surface area contributed by atoms with Crippen LogP contribution in [0.3, 0.4) is 0 Å². The SMILES string of the molecule is c1ccc(-n2c3ccccc3c3nc4c(cc32)c2ccccc2n4-c2ccccn2)nc1. The lowest BCUT2D eigenvalue weighted by Gasteiger charge is -2.07. The molecule has 5 heteroatoms. The van der Waals surface area contributed by atoms with Crippen molar-refractivity contribution in [3.05, 3.63) is 103 Å². The second kappa shape index (κ2) is 6.49.